The Hall–Kier alpha value is -0.900. The summed E-state index contributed by atoms with van der Waals surface area (Å²) in [5, 5.41) is 11.4. The normalized spacial score (nSPS) is 12.0. The van der Waals surface area contributed by atoms with E-state index in [9.17, 15) is 0 Å². The van der Waals surface area contributed by atoms with E-state index >= 15 is 0 Å². The van der Waals surface area contributed by atoms with Crippen LogP contribution in [0.3, 0.4) is 0 Å². The van der Waals surface area contributed by atoms with Crippen molar-refractivity contribution in [3.05, 3.63) is 11.8 Å². The van der Waals surface area contributed by atoms with E-state index in [2.05, 4.69) is 43.2 Å². The summed E-state index contributed by atoms with van der Waals surface area (Å²) in [6, 6.07) is 0. The number of unbranched alkanes of at least 4 members (excludes halogenated alkanes) is 3. The Bertz CT molecular complexity index is 315. The van der Waals surface area contributed by atoms with Crippen molar-refractivity contribution in [3.8, 4) is 0 Å². The number of aryl methyl sites for hydroxylation is 1. The minimum Gasteiger partial charge on any atom is -0.424 e. The molecule has 1 aromatic heterocycles. The van der Waals surface area contributed by atoms with Crippen LogP contribution in [0.5, 0.6) is 0 Å². The molecule has 0 aliphatic carbocycles. The number of nitrogens with zero attached hydrogens (tertiary/aromatic N) is 2. The highest BCUT2D eigenvalue weighted by Crippen LogP contribution is 2.08. The highest BCUT2D eigenvalue weighted by atomic mass is 16.4. The number of aromatic nitrogens is 2. The number of nitrogens with one attached hydrogen (secondary N) is 1. The Morgan fingerprint density at radius 3 is 2.41 bits per heavy atom. The smallest absolute Gasteiger partial charge is 0.230 e. The topological polar surface area (TPSA) is 51.0 Å². The molecule has 17 heavy (non-hydrogen) atoms. The molecule has 0 aromatic carbocycles. The van der Waals surface area contributed by atoms with Gasteiger partial charge in [0.25, 0.3) is 0 Å². The van der Waals surface area contributed by atoms with Crippen molar-refractivity contribution < 1.29 is 4.42 Å². The quantitative estimate of drug-likeness (QED) is 0.743. The van der Waals surface area contributed by atoms with E-state index in [4.69, 9.17) is 4.42 Å². The predicted molar refractivity (Wildman–Crippen MR) is 68.7 cm³/mol. The van der Waals surface area contributed by atoms with Crippen molar-refractivity contribution in [2.75, 3.05) is 0 Å². The fraction of sp³-hybridized carbons (Fsp3) is 0.846. The Morgan fingerprint density at radius 2 is 1.76 bits per heavy atom. The van der Waals surface area contributed by atoms with Gasteiger partial charge in [-0.25, -0.2) is 0 Å². The second-order valence-electron chi connectivity index (χ2n) is 5.50. The molecule has 4 heteroatoms. The van der Waals surface area contributed by atoms with Gasteiger partial charge in [0.05, 0.1) is 6.54 Å². The Labute approximate surface area is 104 Å². The van der Waals surface area contributed by atoms with Crippen LogP contribution in [0.15, 0.2) is 4.42 Å². The molecule has 0 aliphatic heterocycles. The first-order chi connectivity index (χ1) is 8.01. The van der Waals surface area contributed by atoms with Crippen LogP contribution in [0, 0.1) is 0 Å². The third-order valence-electron chi connectivity index (χ3n) is 2.52. The SMILES string of the molecule is CCCCCCc1nnc(CNC(C)(C)C)o1. The maximum atomic E-state index is 5.57. The van der Waals surface area contributed by atoms with E-state index in [1.165, 1.54) is 19.3 Å². The van der Waals surface area contributed by atoms with E-state index in [0.29, 0.717) is 12.4 Å². The Kier molecular flexibility index (Phi) is 5.62. The van der Waals surface area contributed by atoms with Crippen molar-refractivity contribution in [2.45, 2.75) is 71.9 Å². The zero-order chi connectivity index (χ0) is 12.7. The molecule has 0 aliphatic rings. The first-order valence-electron chi connectivity index (χ1n) is 6.57. The van der Waals surface area contributed by atoms with Crippen LogP contribution in [0.2, 0.25) is 0 Å². The third kappa shape index (κ3) is 6.41. The third-order valence-corrected chi connectivity index (χ3v) is 2.52. The number of rotatable bonds is 7. The van der Waals surface area contributed by atoms with Crippen LogP contribution >= 0.6 is 0 Å². The fourth-order valence-electron chi connectivity index (χ4n) is 1.50. The first-order valence-corrected chi connectivity index (χ1v) is 6.57. The fourth-order valence-corrected chi connectivity index (χ4v) is 1.50. The molecule has 0 spiro atoms. The van der Waals surface area contributed by atoms with Crippen molar-refractivity contribution in [1.29, 1.82) is 0 Å². The van der Waals surface area contributed by atoms with Crippen molar-refractivity contribution >= 4 is 0 Å². The summed E-state index contributed by atoms with van der Waals surface area (Å²) in [6.07, 6.45) is 5.83. The summed E-state index contributed by atoms with van der Waals surface area (Å²) in [5.74, 6) is 1.46. The molecule has 4 nitrogen and oxygen atoms in total. The Morgan fingerprint density at radius 1 is 1.06 bits per heavy atom. The van der Waals surface area contributed by atoms with Gasteiger partial charge in [-0.3, -0.25) is 0 Å². The summed E-state index contributed by atoms with van der Waals surface area (Å²) >= 11 is 0. The van der Waals surface area contributed by atoms with Gasteiger partial charge in [-0.05, 0) is 27.2 Å². The van der Waals surface area contributed by atoms with Crippen LogP contribution < -0.4 is 5.32 Å². The molecule has 0 unspecified atom stereocenters. The molecule has 0 saturated heterocycles. The second-order valence-corrected chi connectivity index (χ2v) is 5.50. The molecule has 0 saturated carbocycles. The molecule has 0 fully saturated rings. The van der Waals surface area contributed by atoms with E-state index < -0.39 is 0 Å². The van der Waals surface area contributed by atoms with Crippen LogP contribution in [0.25, 0.3) is 0 Å². The lowest BCUT2D eigenvalue weighted by Gasteiger charge is -2.18. The van der Waals surface area contributed by atoms with Gasteiger partial charge in [0.1, 0.15) is 0 Å². The zero-order valence-electron chi connectivity index (χ0n) is 11.5. The van der Waals surface area contributed by atoms with Gasteiger partial charge in [0.2, 0.25) is 11.8 Å². The zero-order valence-corrected chi connectivity index (χ0v) is 11.5. The summed E-state index contributed by atoms with van der Waals surface area (Å²) < 4.78 is 5.57. The molecule has 1 heterocycles. The molecule has 0 radical (unpaired) electrons. The highest BCUT2D eigenvalue weighted by molar-refractivity contribution is 4.83. The van der Waals surface area contributed by atoms with E-state index in [0.717, 1.165) is 18.7 Å². The number of hydrogen-bond acceptors (Lipinski definition) is 4. The molecule has 0 bridgehead atoms. The summed E-state index contributed by atoms with van der Waals surface area (Å²) in [5.41, 5.74) is 0.0791. The molecule has 1 N–H and O–H groups in total. The van der Waals surface area contributed by atoms with E-state index in [1.54, 1.807) is 0 Å². The summed E-state index contributed by atoms with van der Waals surface area (Å²) in [7, 11) is 0. The maximum Gasteiger partial charge on any atom is 0.230 e. The van der Waals surface area contributed by atoms with E-state index in [1.807, 2.05) is 0 Å². The molecule has 1 rings (SSSR count). The minimum absolute atomic E-state index is 0.0791. The first kappa shape index (κ1) is 14.2. The summed E-state index contributed by atoms with van der Waals surface area (Å²) in [6.45, 7) is 9.22. The average Bonchev–Trinajstić information content (AvgIpc) is 2.69. The van der Waals surface area contributed by atoms with Gasteiger partial charge in [-0.2, -0.15) is 0 Å². The largest absolute Gasteiger partial charge is 0.424 e. The van der Waals surface area contributed by atoms with Crippen LogP contribution in [-0.2, 0) is 13.0 Å². The van der Waals surface area contributed by atoms with Crippen LogP contribution in [0.4, 0.5) is 0 Å². The molecule has 0 atom stereocenters. The van der Waals surface area contributed by atoms with Crippen molar-refractivity contribution in [2.24, 2.45) is 0 Å². The van der Waals surface area contributed by atoms with Gasteiger partial charge < -0.3 is 9.73 Å². The van der Waals surface area contributed by atoms with Crippen molar-refractivity contribution in [1.82, 2.24) is 15.5 Å². The molecule has 98 valence electrons. The predicted octanol–water partition coefficient (Wildman–Crippen LogP) is 3.08. The van der Waals surface area contributed by atoms with Crippen LogP contribution in [-0.4, -0.2) is 15.7 Å². The van der Waals surface area contributed by atoms with Gasteiger partial charge in [0, 0.05) is 12.0 Å². The second kappa shape index (κ2) is 6.74. The lowest BCUT2D eigenvalue weighted by atomic mass is 10.1. The lowest BCUT2D eigenvalue weighted by molar-refractivity contribution is 0.369. The van der Waals surface area contributed by atoms with E-state index in [-0.39, 0.29) is 5.54 Å². The monoisotopic (exact) mass is 239 g/mol. The van der Waals surface area contributed by atoms with Gasteiger partial charge in [0.15, 0.2) is 0 Å². The lowest BCUT2D eigenvalue weighted by Crippen LogP contribution is -2.35. The van der Waals surface area contributed by atoms with Gasteiger partial charge in [-0.1, -0.05) is 26.2 Å². The molecule has 1 aromatic rings. The number of hydrogen-bond donors (Lipinski definition) is 1. The maximum absolute atomic E-state index is 5.57. The van der Waals surface area contributed by atoms with Gasteiger partial charge >= 0.3 is 0 Å². The summed E-state index contributed by atoms with van der Waals surface area (Å²) in [4.78, 5) is 0. The van der Waals surface area contributed by atoms with Crippen molar-refractivity contribution in [3.63, 3.8) is 0 Å². The standard InChI is InChI=1S/C13H25N3O/c1-5-6-7-8-9-11-15-16-12(17-11)10-14-13(2,3)4/h14H,5-10H2,1-4H3. The van der Waals surface area contributed by atoms with Gasteiger partial charge in [-0.15, -0.1) is 10.2 Å². The molecular formula is C13H25N3O. The highest BCUT2D eigenvalue weighted by Gasteiger charge is 2.11. The molecule has 0 amide bonds. The average molecular weight is 239 g/mol. The minimum atomic E-state index is 0.0791. The Balaban J connectivity index is 2.28. The molecular weight excluding hydrogens is 214 g/mol. The van der Waals surface area contributed by atoms with Crippen LogP contribution in [0.1, 0.15) is 65.2 Å².